The van der Waals surface area contributed by atoms with Gasteiger partial charge in [0.1, 0.15) is 0 Å². The zero-order chi connectivity index (χ0) is 8.27. The molecule has 0 aromatic heterocycles. The SMILES string of the molecule is CCC1NC(C)SC(CC)S1. The highest BCUT2D eigenvalue weighted by Gasteiger charge is 2.23. The Morgan fingerprint density at radius 3 is 2.45 bits per heavy atom. The highest BCUT2D eigenvalue weighted by molar-refractivity contribution is 8.18. The summed E-state index contributed by atoms with van der Waals surface area (Å²) in [6.07, 6.45) is 2.53. The van der Waals surface area contributed by atoms with Crippen LogP contribution in [0.3, 0.4) is 0 Å². The lowest BCUT2D eigenvalue weighted by atomic mass is 10.5. The summed E-state index contributed by atoms with van der Waals surface area (Å²) in [5.74, 6) is 0. The van der Waals surface area contributed by atoms with Crippen LogP contribution in [0.4, 0.5) is 0 Å². The zero-order valence-corrected chi connectivity index (χ0v) is 9.10. The monoisotopic (exact) mass is 191 g/mol. The zero-order valence-electron chi connectivity index (χ0n) is 7.46. The summed E-state index contributed by atoms with van der Waals surface area (Å²) >= 11 is 4.14. The largest absolute Gasteiger partial charge is 0.294 e. The van der Waals surface area contributed by atoms with Crippen LogP contribution in [-0.2, 0) is 0 Å². The molecule has 1 N–H and O–H groups in total. The lowest BCUT2D eigenvalue weighted by molar-refractivity contribution is 0.620. The van der Waals surface area contributed by atoms with E-state index >= 15 is 0 Å². The van der Waals surface area contributed by atoms with Gasteiger partial charge in [0.2, 0.25) is 0 Å². The molecule has 0 aliphatic carbocycles. The first-order valence-corrected chi connectivity index (χ1v) is 6.21. The molecule has 66 valence electrons. The van der Waals surface area contributed by atoms with Gasteiger partial charge in [-0.15, -0.1) is 23.5 Å². The summed E-state index contributed by atoms with van der Waals surface area (Å²) < 4.78 is 0.816. The molecule has 3 atom stereocenters. The number of nitrogens with one attached hydrogen (secondary N) is 1. The third-order valence-corrected chi connectivity index (χ3v) is 5.08. The van der Waals surface area contributed by atoms with Crippen molar-refractivity contribution in [3.8, 4) is 0 Å². The van der Waals surface area contributed by atoms with Crippen LogP contribution in [0.5, 0.6) is 0 Å². The van der Waals surface area contributed by atoms with E-state index in [-0.39, 0.29) is 0 Å². The van der Waals surface area contributed by atoms with Crippen LogP contribution in [0.2, 0.25) is 0 Å². The number of hydrogen-bond donors (Lipinski definition) is 1. The molecule has 1 heterocycles. The molecule has 3 unspecified atom stereocenters. The summed E-state index contributed by atoms with van der Waals surface area (Å²) in [6.45, 7) is 6.78. The maximum Gasteiger partial charge on any atom is 0.0549 e. The third-order valence-electron chi connectivity index (χ3n) is 1.80. The molecule has 1 aliphatic rings. The molecule has 3 heteroatoms. The van der Waals surface area contributed by atoms with E-state index in [4.69, 9.17) is 0 Å². The Labute approximate surface area is 78.1 Å². The molecule has 1 nitrogen and oxygen atoms in total. The van der Waals surface area contributed by atoms with Gasteiger partial charge in [-0.1, -0.05) is 13.8 Å². The van der Waals surface area contributed by atoms with Crippen molar-refractivity contribution in [1.82, 2.24) is 5.32 Å². The third kappa shape index (κ3) is 2.88. The molecule has 1 aliphatic heterocycles. The molecule has 11 heavy (non-hydrogen) atoms. The predicted octanol–water partition coefficient (Wildman–Crippen LogP) is 2.87. The molecular weight excluding hydrogens is 174 g/mol. The molecule has 0 amide bonds. The highest BCUT2D eigenvalue weighted by atomic mass is 32.2. The second-order valence-electron chi connectivity index (χ2n) is 2.82. The van der Waals surface area contributed by atoms with Crippen LogP contribution in [0, 0.1) is 0 Å². The molecule has 1 saturated heterocycles. The van der Waals surface area contributed by atoms with Gasteiger partial charge in [-0.3, -0.25) is 5.32 Å². The average molecular weight is 191 g/mol. The second-order valence-corrected chi connectivity index (χ2v) is 6.07. The molecule has 0 radical (unpaired) electrons. The van der Waals surface area contributed by atoms with Crippen LogP contribution >= 0.6 is 23.5 Å². The lowest BCUT2D eigenvalue weighted by Gasteiger charge is -2.32. The summed E-state index contributed by atoms with van der Waals surface area (Å²) in [4.78, 5) is 0. The maximum absolute atomic E-state index is 3.56. The molecule has 1 fully saturated rings. The molecule has 0 aromatic rings. The smallest absolute Gasteiger partial charge is 0.0549 e. The Balaban J connectivity index is 2.37. The number of hydrogen-bond acceptors (Lipinski definition) is 3. The number of rotatable bonds is 2. The first-order chi connectivity index (χ1) is 5.26. The van der Waals surface area contributed by atoms with Gasteiger partial charge in [-0.05, 0) is 19.8 Å². The summed E-state index contributed by atoms with van der Waals surface area (Å²) in [5.41, 5.74) is 0. The minimum Gasteiger partial charge on any atom is -0.294 e. The lowest BCUT2D eigenvalue weighted by Crippen LogP contribution is -2.38. The van der Waals surface area contributed by atoms with Gasteiger partial charge in [0, 0.05) is 0 Å². The summed E-state index contributed by atoms with van der Waals surface area (Å²) in [7, 11) is 0. The van der Waals surface area contributed by atoms with Crippen molar-refractivity contribution in [3.63, 3.8) is 0 Å². The fourth-order valence-corrected chi connectivity index (χ4v) is 4.36. The van der Waals surface area contributed by atoms with Crippen molar-refractivity contribution < 1.29 is 0 Å². The van der Waals surface area contributed by atoms with Gasteiger partial charge in [0.25, 0.3) is 0 Å². The van der Waals surface area contributed by atoms with Gasteiger partial charge < -0.3 is 0 Å². The fraction of sp³-hybridized carbons (Fsp3) is 1.00. The van der Waals surface area contributed by atoms with E-state index in [1.807, 2.05) is 0 Å². The van der Waals surface area contributed by atoms with Crippen LogP contribution in [0.25, 0.3) is 0 Å². The molecule has 1 rings (SSSR count). The van der Waals surface area contributed by atoms with Gasteiger partial charge in [-0.25, -0.2) is 0 Å². The van der Waals surface area contributed by atoms with Crippen LogP contribution in [0.15, 0.2) is 0 Å². The van der Waals surface area contributed by atoms with E-state index in [1.54, 1.807) is 0 Å². The van der Waals surface area contributed by atoms with Crippen LogP contribution in [0.1, 0.15) is 33.6 Å². The van der Waals surface area contributed by atoms with Gasteiger partial charge >= 0.3 is 0 Å². The second kappa shape index (κ2) is 4.63. The van der Waals surface area contributed by atoms with Crippen molar-refractivity contribution in [2.24, 2.45) is 0 Å². The Morgan fingerprint density at radius 1 is 1.18 bits per heavy atom. The standard InChI is InChI=1S/C8H17NS2/c1-4-7-9-6(3)10-8(5-2)11-7/h6-9H,4-5H2,1-3H3. The van der Waals surface area contributed by atoms with Gasteiger partial charge in [0.05, 0.1) is 15.3 Å². The van der Waals surface area contributed by atoms with E-state index in [0.29, 0.717) is 10.7 Å². The Hall–Kier alpha value is 0.660. The van der Waals surface area contributed by atoms with E-state index in [2.05, 4.69) is 49.6 Å². The van der Waals surface area contributed by atoms with Crippen molar-refractivity contribution in [3.05, 3.63) is 0 Å². The molecular formula is C8H17NS2. The average Bonchev–Trinajstić information content (AvgIpc) is 2.03. The Bertz CT molecular complexity index is 107. The predicted molar refractivity (Wildman–Crippen MR) is 55.9 cm³/mol. The molecule has 0 spiro atoms. The van der Waals surface area contributed by atoms with Crippen LogP contribution < -0.4 is 5.32 Å². The normalized spacial score (nSPS) is 39.0. The summed E-state index contributed by atoms with van der Waals surface area (Å²) in [6, 6.07) is 0. The van der Waals surface area contributed by atoms with Crippen molar-refractivity contribution in [2.75, 3.05) is 0 Å². The van der Waals surface area contributed by atoms with E-state index in [9.17, 15) is 0 Å². The van der Waals surface area contributed by atoms with Gasteiger partial charge in [0.15, 0.2) is 0 Å². The van der Waals surface area contributed by atoms with Crippen molar-refractivity contribution in [2.45, 2.75) is 48.9 Å². The molecule has 0 saturated carbocycles. The van der Waals surface area contributed by atoms with E-state index < -0.39 is 0 Å². The first-order valence-electron chi connectivity index (χ1n) is 4.33. The first kappa shape index (κ1) is 9.75. The fourth-order valence-electron chi connectivity index (χ4n) is 1.19. The quantitative estimate of drug-likeness (QED) is 0.721. The highest BCUT2D eigenvalue weighted by Crippen LogP contribution is 2.37. The topological polar surface area (TPSA) is 12.0 Å². The Morgan fingerprint density at radius 2 is 1.91 bits per heavy atom. The van der Waals surface area contributed by atoms with Crippen molar-refractivity contribution in [1.29, 1.82) is 0 Å². The molecule has 0 bridgehead atoms. The van der Waals surface area contributed by atoms with Crippen LogP contribution in [-0.4, -0.2) is 15.3 Å². The van der Waals surface area contributed by atoms with Gasteiger partial charge in [-0.2, -0.15) is 0 Å². The minimum absolute atomic E-state index is 0.645. The molecule has 0 aromatic carbocycles. The van der Waals surface area contributed by atoms with E-state index in [1.165, 1.54) is 12.8 Å². The minimum atomic E-state index is 0.645. The maximum atomic E-state index is 3.56. The summed E-state index contributed by atoms with van der Waals surface area (Å²) in [5, 5.41) is 4.89. The van der Waals surface area contributed by atoms with Crippen molar-refractivity contribution >= 4 is 23.5 Å². The van der Waals surface area contributed by atoms with E-state index in [0.717, 1.165) is 4.58 Å². The number of thioether (sulfide) groups is 2. The Kier molecular flexibility index (Phi) is 4.10.